The average molecular weight is 161 g/mol. The highest BCUT2D eigenvalue weighted by atomic mass is 14.5. The molecule has 1 nitrogen and oxygen atoms in total. The third-order valence-electron chi connectivity index (χ3n) is 1.99. The highest BCUT2D eigenvalue weighted by molar-refractivity contribution is 5.19. The molecule has 0 heterocycles. The fourth-order valence-corrected chi connectivity index (χ4v) is 1.20. The maximum absolute atomic E-state index is 5.27. The summed E-state index contributed by atoms with van der Waals surface area (Å²) in [6.07, 6.45) is 4.62. The standard InChI is InChI=1S/C11H15N/c1-10(6-5-9-12)11-7-3-2-4-8-11/h2-5,7-10H,6,12H2,1H3. The van der Waals surface area contributed by atoms with Crippen molar-refractivity contribution in [1.82, 2.24) is 0 Å². The minimum absolute atomic E-state index is 0.561. The Bertz CT molecular complexity index is 238. The fourth-order valence-electron chi connectivity index (χ4n) is 1.20. The molecule has 0 aromatic heterocycles. The molecule has 0 saturated carbocycles. The van der Waals surface area contributed by atoms with E-state index in [1.165, 1.54) is 5.56 Å². The van der Waals surface area contributed by atoms with Crippen LogP contribution in [0.15, 0.2) is 42.6 Å². The lowest BCUT2D eigenvalue weighted by atomic mass is 9.98. The van der Waals surface area contributed by atoms with Gasteiger partial charge in [0, 0.05) is 0 Å². The molecule has 1 unspecified atom stereocenters. The zero-order chi connectivity index (χ0) is 8.81. The van der Waals surface area contributed by atoms with Gasteiger partial charge in [0.05, 0.1) is 0 Å². The van der Waals surface area contributed by atoms with Crippen LogP contribution in [0.2, 0.25) is 0 Å². The van der Waals surface area contributed by atoms with Crippen molar-refractivity contribution in [2.75, 3.05) is 0 Å². The Morgan fingerprint density at radius 3 is 2.58 bits per heavy atom. The molecule has 0 bridgehead atoms. The summed E-state index contributed by atoms with van der Waals surface area (Å²) >= 11 is 0. The molecule has 0 amide bonds. The highest BCUT2D eigenvalue weighted by Crippen LogP contribution is 2.18. The van der Waals surface area contributed by atoms with E-state index >= 15 is 0 Å². The van der Waals surface area contributed by atoms with E-state index in [4.69, 9.17) is 5.73 Å². The van der Waals surface area contributed by atoms with Crippen LogP contribution in [0.25, 0.3) is 0 Å². The Morgan fingerprint density at radius 2 is 2.00 bits per heavy atom. The van der Waals surface area contributed by atoms with E-state index in [1.807, 2.05) is 12.1 Å². The molecular weight excluding hydrogens is 146 g/mol. The molecule has 0 spiro atoms. The third kappa shape index (κ3) is 2.42. The van der Waals surface area contributed by atoms with Crippen LogP contribution in [-0.2, 0) is 0 Å². The molecule has 0 aliphatic carbocycles. The van der Waals surface area contributed by atoms with Crippen molar-refractivity contribution >= 4 is 0 Å². The van der Waals surface area contributed by atoms with Crippen LogP contribution in [0.5, 0.6) is 0 Å². The molecular formula is C11H15N. The van der Waals surface area contributed by atoms with Crippen LogP contribution >= 0.6 is 0 Å². The van der Waals surface area contributed by atoms with Crippen molar-refractivity contribution in [2.24, 2.45) is 5.73 Å². The lowest BCUT2D eigenvalue weighted by Gasteiger charge is -2.07. The van der Waals surface area contributed by atoms with Gasteiger partial charge in [-0.1, -0.05) is 43.3 Å². The predicted octanol–water partition coefficient (Wildman–Crippen LogP) is 2.65. The minimum atomic E-state index is 0.561. The maximum Gasteiger partial charge on any atom is -0.0103 e. The summed E-state index contributed by atoms with van der Waals surface area (Å²) in [6, 6.07) is 10.5. The molecule has 2 N–H and O–H groups in total. The Kier molecular flexibility index (Phi) is 3.39. The zero-order valence-electron chi connectivity index (χ0n) is 7.40. The third-order valence-corrected chi connectivity index (χ3v) is 1.99. The van der Waals surface area contributed by atoms with Gasteiger partial charge in [-0.05, 0) is 24.1 Å². The van der Waals surface area contributed by atoms with Crippen molar-refractivity contribution in [3.8, 4) is 0 Å². The molecule has 0 fully saturated rings. The van der Waals surface area contributed by atoms with Crippen LogP contribution in [0.4, 0.5) is 0 Å². The van der Waals surface area contributed by atoms with Crippen molar-refractivity contribution < 1.29 is 0 Å². The van der Waals surface area contributed by atoms with Gasteiger partial charge in [-0.15, -0.1) is 0 Å². The Balaban J connectivity index is 2.59. The SMILES string of the molecule is CC(CC=CN)c1ccccc1. The molecule has 1 atom stereocenters. The second-order valence-corrected chi connectivity index (χ2v) is 2.98. The van der Waals surface area contributed by atoms with Crippen LogP contribution in [0.1, 0.15) is 24.8 Å². The van der Waals surface area contributed by atoms with E-state index in [9.17, 15) is 0 Å². The van der Waals surface area contributed by atoms with Crippen molar-refractivity contribution in [3.05, 3.63) is 48.2 Å². The van der Waals surface area contributed by atoms with Gasteiger partial charge in [-0.2, -0.15) is 0 Å². The second kappa shape index (κ2) is 4.60. The lowest BCUT2D eigenvalue weighted by Crippen LogP contribution is -1.91. The van der Waals surface area contributed by atoms with Gasteiger partial charge in [0.1, 0.15) is 0 Å². The topological polar surface area (TPSA) is 26.0 Å². The van der Waals surface area contributed by atoms with Gasteiger partial charge in [0.25, 0.3) is 0 Å². The van der Waals surface area contributed by atoms with Crippen molar-refractivity contribution in [1.29, 1.82) is 0 Å². The minimum Gasteiger partial charge on any atom is -0.405 e. The molecule has 1 heteroatoms. The smallest absolute Gasteiger partial charge is 0.0103 e. The first-order chi connectivity index (χ1) is 5.84. The summed E-state index contributed by atoms with van der Waals surface area (Å²) in [4.78, 5) is 0. The van der Waals surface area contributed by atoms with Crippen LogP contribution < -0.4 is 5.73 Å². The first-order valence-corrected chi connectivity index (χ1v) is 4.26. The van der Waals surface area contributed by atoms with Crippen molar-refractivity contribution in [3.63, 3.8) is 0 Å². The monoisotopic (exact) mass is 161 g/mol. The number of hydrogen-bond acceptors (Lipinski definition) is 1. The van der Waals surface area contributed by atoms with Crippen LogP contribution in [-0.4, -0.2) is 0 Å². The molecule has 0 aliphatic rings. The number of hydrogen-bond donors (Lipinski definition) is 1. The molecule has 12 heavy (non-hydrogen) atoms. The number of nitrogens with two attached hydrogens (primary N) is 1. The Hall–Kier alpha value is -1.24. The van der Waals surface area contributed by atoms with Gasteiger partial charge in [0.2, 0.25) is 0 Å². The summed E-state index contributed by atoms with van der Waals surface area (Å²) in [6.45, 7) is 2.20. The molecule has 1 rings (SSSR count). The van der Waals surface area contributed by atoms with E-state index < -0.39 is 0 Å². The first kappa shape index (κ1) is 8.85. The van der Waals surface area contributed by atoms with E-state index in [-0.39, 0.29) is 0 Å². The number of allylic oxidation sites excluding steroid dienone is 1. The average Bonchev–Trinajstić information content (AvgIpc) is 2.15. The number of rotatable bonds is 3. The normalized spacial score (nSPS) is 13.4. The van der Waals surface area contributed by atoms with E-state index in [1.54, 1.807) is 6.20 Å². The molecule has 1 aromatic rings. The van der Waals surface area contributed by atoms with E-state index in [0.717, 1.165) is 6.42 Å². The van der Waals surface area contributed by atoms with Crippen LogP contribution in [0, 0.1) is 0 Å². The summed E-state index contributed by atoms with van der Waals surface area (Å²) < 4.78 is 0. The number of benzene rings is 1. The van der Waals surface area contributed by atoms with Gasteiger partial charge in [-0.3, -0.25) is 0 Å². The first-order valence-electron chi connectivity index (χ1n) is 4.26. The second-order valence-electron chi connectivity index (χ2n) is 2.98. The molecule has 0 saturated heterocycles. The molecule has 1 aromatic carbocycles. The summed E-state index contributed by atoms with van der Waals surface area (Å²) in [5.41, 5.74) is 6.65. The quantitative estimate of drug-likeness (QED) is 0.724. The summed E-state index contributed by atoms with van der Waals surface area (Å²) in [7, 11) is 0. The highest BCUT2D eigenvalue weighted by Gasteiger charge is 2.00. The maximum atomic E-state index is 5.27. The predicted molar refractivity (Wildman–Crippen MR) is 52.8 cm³/mol. The summed E-state index contributed by atoms with van der Waals surface area (Å²) in [5.74, 6) is 0.561. The zero-order valence-corrected chi connectivity index (χ0v) is 7.40. The Morgan fingerprint density at radius 1 is 1.33 bits per heavy atom. The van der Waals surface area contributed by atoms with Gasteiger partial charge in [-0.25, -0.2) is 0 Å². The lowest BCUT2D eigenvalue weighted by molar-refractivity contribution is 0.779. The van der Waals surface area contributed by atoms with E-state index in [2.05, 4.69) is 31.2 Å². The van der Waals surface area contributed by atoms with E-state index in [0.29, 0.717) is 5.92 Å². The Labute approximate surface area is 73.9 Å². The fraction of sp³-hybridized carbons (Fsp3) is 0.273. The molecule has 0 aliphatic heterocycles. The largest absolute Gasteiger partial charge is 0.405 e. The van der Waals surface area contributed by atoms with Gasteiger partial charge in [0.15, 0.2) is 0 Å². The molecule has 64 valence electrons. The van der Waals surface area contributed by atoms with Crippen LogP contribution in [0.3, 0.4) is 0 Å². The summed E-state index contributed by atoms with van der Waals surface area (Å²) in [5, 5.41) is 0. The van der Waals surface area contributed by atoms with Gasteiger partial charge < -0.3 is 5.73 Å². The van der Waals surface area contributed by atoms with Gasteiger partial charge >= 0.3 is 0 Å². The molecule has 0 radical (unpaired) electrons. The van der Waals surface area contributed by atoms with Crippen molar-refractivity contribution in [2.45, 2.75) is 19.3 Å².